The molecule has 1 fully saturated rings. The number of ether oxygens (including phenoxy) is 1. The molecular formula is C18H17Cl2NO2. The number of anilines is 1. The van der Waals surface area contributed by atoms with Crippen LogP contribution in [-0.2, 0) is 9.53 Å². The molecule has 0 bridgehead atoms. The fraction of sp³-hybridized carbons (Fsp3) is 0.278. The molecule has 2 atom stereocenters. The van der Waals surface area contributed by atoms with E-state index in [2.05, 4.69) is 4.90 Å². The predicted molar refractivity (Wildman–Crippen MR) is 93.4 cm³/mol. The standard InChI is InChI=1S/C18H17Cl2NO2/c1-21(13-5-3-2-4-6-13)11-17-14(10-18(22)23-17)12-7-8-15(19)16(20)9-12/h2-9,14,17H,10-11H2,1H3. The Balaban J connectivity index is 1.79. The molecule has 2 aromatic carbocycles. The van der Waals surface area contributed by atoms with Gasteiger partial charge in [-0.25, -0.2) is 0 Å². The molecule has 120 valence electrons. The number of benzene rings is 2. The summed E-state index contributed by atoms with van der Waals surface area (Å²) >= 11 is 12.1. The van der Waals surface area contributed by atoms with Crippen LogP contribution < -0.4 is 4.90 Å². The number of rotatable bonds is 4. The van der Waals surface area contributed by atoms with Gasteiger partial charge in [0.2, 0.25) is 0 Å². The van der Waals surface area contributed by atoms with Crippen LogP contribution in [0.1, 0.15) is 17.9 Å². The van der Waals surface area contributed by atoms with Crippen molar-refractivity contribution < 1.29 is 9.53 Å². The van der Waals surface area contributed by atoms with Crippen LogP contribution in [0.5, 0.6) is 0 Å². The fourth-order valence-corrected chi connectivity index (χ4v) is 3.21. The van der Waals surface area contributed by atoms with Gasteiger partial charge in [0.25, 0.3) is 0 Å². The van der Waals surface area contributed by atoms with Crippen LogP contribution in [0.2, 0.25) is 10.0 Å². The summed E-state index contributed by atoms with van der Waals surface area (Å²) in [5.41, 5.74) is 2.07. The molecule has 0 spiro atoms. The first kappa shape index (κ1) is 16.2. The average Bonchev–Trinajstić information content (AvgIpc) is 2.91. The van der Waals surface area contributed by atoms with E-state index in [0.717, 1.165) is 11.3 Å². The van der Waals surface area contributed by atoms with Crippen molar-refractivity contribution in [1.82, 2.24) is 0 Å². The summed E-state index contributed by atoms with van der Waals surface area (Å²) in [6, 6.07) is 15.5. The maximum Gasteiger partial charge on any atom is 0.306 e. The molecule has 3 rings (SSSR count). The van der Waals surface area contributed by atoms with E-state index in [1.54, 1.807) is 6.07 Å². The first-order valence-corrected chi connectivity index (χ1v) is 8.21. The molecule has 1 aliphatic rings. The number of halogens is 2. The van der Waals surface area contributed by atoms with E-state index in [0.29, 0.717) is 23.0 Å². The Bertz CT molecular complexity index is 705. The Hall–Kier alpha value is -1.71. The van der Waals surface area contributed by atoms with Crippen LogP contribution in [0.4, 0.5) is 5.69 Å². The lowest BCUT2D eigenvalue weighted by molar-refractivity contribution is -0.141. The number of para-hydroxylation sites is 1. The van der Waals surface area contributed by atoms with Gasteiger partial charge in [0.05, 0.1) is 23.0 Å². The second-order valence-corrected chi connectivity index (χ2v) is 6.54. The quantitative estimate of drug-likeness (QED) is 0.759. The van der Waals surface area contributed by atoms with E-state index in [9.17, 15) is 4.79 Å². The molecule has 23 heavy (non-hydrogen) atoms. The van der Waals surface area contributed by atoms with Gasteiger partial charge >= 0.3 is 5.97 Å². The maximum atomic E-state index is 11.8. The normalized spacial score (nSPS) is 20.4. The van der Waals surface area contributed by atoms with Gasteiger partial charge < -0.3 is 9.64 Å². The smallest absolute Gasteiger partial charge is 0.306 e. The Morgan fingerprint density at radius 2 is 1.87 bits per heavy atom. The van der Waals surface area contributed by atoms with Gasteiger partial charge in [0.15, 0.2) is 0 Å². The average molecular weight is 350 g/mol. The van der Waals surface area contributed by atoms with Gasteiger partial charge in [0.1, 0.15) is 6.10 Å². The largest absolute Gasteiger partial charge is 0.460 e. The minimum atomic E-state index is -0.204. The molecule has 0 aliphatic carbocycles. The summed E-state index contributed by atoms with van der Waals surface area (Å²) in [4.78, 5) is 13.9. The molecule has 0 N–H and O–H groups in total. The third-order valence-electron chi connectivity index (χ3n) is 4.14. The number of hydrogen-bond donors (Lipinski definition) is 0. The summed E-state index contributed by atoms with van der Waals surface area (Å²) in [5.74, 6) is -0.184. The van der Waals surface area contributed by atoms with Crippen LogP contribution in [-0.4, -0.2) is 25.7 Å². The topological polar surface area (TPSA) is 29.5 Å². The van der Waals surface area contributed by atoms with Crippen molar-refractivity contribution in [2.75, 3.05) is 18.5 Å². The molecule has 5 heteroatoms. The SMILES string of the molecule is CN(CC1OC(=O)CC1c1ccc(Cl)c(Cl)c1)c1ccccc1. The summed E-state index contributed by atoms with van der Waals surface area (Å²) in [6.07, 6.45) is 0.163. The second kappa shape index (κ2) is 6.81. The van der Waals surface area contributed by atoms with Crippen molar-refractivity contribution in [1.29, 1.82) is 0 Å². The molecule has 1 aliphatic heterocycles. The van der Waals surface area contributed by atoms with Crippen LogP contribution in [0.25, 0.3) is 0 Å². The zero-order chi connectivity index (χ0) is 16.4. The predicted octanol–water partition coefficient (Wildman–Crippen LogP) is 4.53. The molecule has 0 amide bonds. The van der Waals surface area contributed by atoms with E-state index in [4.69, 9.17) is 27.9 Å². The molecule has 1 saturated heterocycles. The van der Waals surface area contributed by atoms with E-state index >= 15 is 0 Å². The van der Waals surface area contributed by atoms with Crippen LogP contribution in [0.15, 0.2) is 48.5 Å². The van der Waals surface area contributed by atoms with Crippen molar-refractivity contribution in [3.05, 3.63) is 64.1 Å². The van der Waals surface area contributed by atoms with Crippen LogP contribution in [0.3, 0.4) is 0 Å². The number of nitrogens with zero attached hydrogens (tertiary/aromatic N) is 1. The lowest BCUT2D eigenvalue weighted by atomic mass is 9.92. The zero-order valence-corrected chi connectivity index (χ0v) is 14.2. The van der Waals surface area contributed by atoms with E-state index in [-0.39, 0.29) is 18.0 Å². The van der Waals surface area contributed by atoms with Gasteiger partial charge in [0, 0.05) is 18.7 Å². The Labute approximate surface area is 145 Å². The lowest BCUT2D eigenvalue weighted by Crippen LogP contribution is -2.32. The molecule has 2 unspecified atom stereocenters. The fourth-order valence-electron chi connectivity index (χ4n) is 2.91. The van der Waals surface area contributed by atoms with Crippen LogP contribution in [0, 0.1) is 0 Å². The summed E-state index contributed by atoms with van der Waals surface area (Å²) in [5, 5.41) is 1.01. The number of carbonyl (C=O) groups is 1. The van der Waals surface area contributed by atoms with Crippen molar-refractivity contribution in [2.45, 2.75) is 18.4 Å². The molecule has 1 heterocycles. The van der Waals surface area contributed by atoms with Gasteiger partial charge in [-0.3, -0.25) is 4.79 Å². The van der Waals surface area contributed by atoms with Gasteiger partial charge in [-0.15, -0.1) is 0 Å². The number of carbonyl (C=O) groups excluding carboxylic acids is 1. The third-order valence-corrected chi connectivity index (χ3v) is 4.88. The Kier molecular flexibility index (Phi) is 4.79. The van der Waals surface area contributed by atoms with E-state index in [1.807, 2.05) is 49.5 Å². The van der Waals surface area contributed by atoms with Crippen molar-refractivity contribution >= 4 is 34.9 Å². The monoisotopic (exact) mass is 349 g/mol. The van der Waals surface area contributed by atoms with Gasteiger partial charge in [-0.1, -0.05) is 47.5 Å². The summed E-state index contributed by atoms with van der Waals surface area (Å²) in [7, 11) is 1.99. The lowest BCUT2D eigenvalue weighted by Gasteiger charge is -2.26. The van der Waals surface area contributed by atoms with Crippen molar-refractivity contribution in [3.63, 3.8) is 0 Å². The molecule has 0 aromatic heterocycles. The first-order valence-electron chi connectivity index (χ1n) is 7.45. The number of likely N-dealkylation sites (N-methyl/N-ethyl adjacent to an activating group) is 1. The number of hydrogen-bond acceptors (Lipinski definition) is 3. The molecule has 0 radical (unpaired) electrons. The minimum absolute atomic E-state index is 0.0107. The van der Waals surface area contributed by atoms with Crippen LogP contribution >= 0.6 is 23.2 Å². The minimum Gasteiger partial charge on any atom is -0.460 e. The van der Waals surface area contributed by atoms with Crippen molar-refractivity contribution in [2.24, 2.45) is 0 Å². The van der Waals surface area contributed by atoms with E-state index in [1.165, 1.54) is 0 Å². The zero-order valence-electron chi connectivity index (χ0n) is 12.7. The second-order valence-electron chi connectivity index (χ2n) is 5.73. The summed E-state index contributed by atoms with van der Waals surface area (Å²) < 4.78 is 5.53. The highest BCUT2D eigenvalue weighted by molar-refractivity contribution is 6.42. The maximum absolute atomic E-state index is 11.8. The van der Waals surface area contributed by atoms with Gasteiger partial charge in [-0.05, 0) is 29.8 Å². The molecule has 3 nitrogen and oxygen atoms in total. The Morgan fingerprint density at radius 3 is 2.57 bits per heavy atom. The molecular weight excluding hydrogens is 333 g/mol. The number of cyclic esters (lactones) is 1. The first-order chi connectivity index (χ1) is 11.0. The highest BCUT2D eigenvalue weighted by Gasteiger charge is 2.36. The van der Waals surface area contributed by atoms with E-state index < -0.39 is 0 Å². The van der Waals surface area contributed by atoms with Crippen molar-refractivity contribution in [3.8, 4) is 0 Å². The Morgan fingerprint density at radius 1 is 1.13 bits per heavy atom. The van der Waals surface area contributed by atoms with Gasteiger partial charge in [-0.2, -0.15) is 0 Å². The molecule has 2 aromatic rings. The molecule has 0 saturated carbocycles. The number of esters is 1. The highest BCUT2D eigenvalue weighted by Crippen LogP contribution is 2.36. The summed E-state index contributed by atoms with van der Waals surface area (Å²) in [6.45, 7) is 0.626. The highest BCUT2D eigenvalue weighted by atomic mass is 35.5. The third kappa shape index (κ3) is 3.62.